The van der Waals surface area contributed by atoms with Crippen molar-refractivity contribution in [2.45, 2.75) is 20.0 Å². The zero-order valence-corrected chi connectivity index (χ0v) is 16.7. The van der Waals surface area contributed by atoms with Gasteiger partial charge >= 0.3 is 0 Å². The lowest BCUT2D eigenvalue weighted by Crippen LogP contribution is -2.32. The molecule has 1 aliphatic rings. The Kier molecular flexibility index (Phi) is 5.08. The highest BCUT2D eigenvalue weighted by atomic mass is 16.5. The molecule has 0 saturated heterocycles. The molecule has 1 N–H and O–H groups in total. The molecule has 0 saturated carbocycles. The number of pyridine rings is 1. The fourth-order valence-electron chi connectivity index (χ4n) is 3.54. The van der Waals surface area contributed by atoms with Crippen LogP contribution in [0, 0.1) is 6.92 Å². The van der Waals surface area contributed by atoms with E-state index in [1.807, 2.05) is 56.3 Å². The number of aromatic nitrogens is 1. The number of anilines is 2. The highest BCUT2D eigenvalue weighted by Crippen LogP contribution is 2.39. The van der Waals surface area contributed by atoms with Crippen LogP contribution in [0.15, 0.2) is 60.8 Å². The maximum Gasteiger partial charge on any atom is 0.262 e. The van der Waals surface area contributed by atoms with Crippen molar-refractivity contribution in [2.75, 3.05) is 23.9 Å². The molecule has 2 aromatic carbocycles. The van der Waals surface area contributed by atoms with Crippen molar-refractivity contribution in [1.82, 2.24) is 4.98 Å². The van der Waals surface area contributed by atoms with E-state index in [9.17, 15) is 4.79 Å². The number of nitrogens with zero attached hydrogens (tertiary/aromatic N) is 2. The number of carbonyl (C=O) groups excluding carboxylic acids is 1. The first-order valence-corrected chi connectivity index (χ1v) is 9.55. The Morgan fingerprint density at radius 3 is 2.66 bits per heavy atom. The predicted octanol–water partition coefficient (Wildman–Crippen LogP) is 4.57. The minimum atomic E-state index is -0.452. The fraction of sp³-hybridized carbons (Fsp3) is 0.217. The summed E-state index contributed by atoms with van der Waals surface area (Å²) in [6.45, 7) is 4.55. The average Bonchev–Trinajstić information content (AvgIpc) is 3.01. The van der Waals surface area contributed by atoms with Crippen molar-refractivity contribution >= 4 is 17.3 Å². The van der Waals surface area contributed by atoms with E-state index < -0.39 is 6.17 Å². The van der Waals surface area contributed by atoms with Crippen molar-refractivity contribution < 1.29 is 14.3 Å². The molecular weight excluding hydrogens is 366 g/mol. The van der Waals surface area contributed by atoms with Crippen LogP contribution in [-0.2, 0) is 0 Å². The topological polar surface area (TPSA) is 63.7 Å². The summed E-state index contributed by atoms with van der Waals surface area (Å²) in [7, 11) is 1.63. The fourth-order valence-corrected chi connectivity index (χ4v) is 3.54. The molecule has 3 aromatic rings. The molecule has 0 unspecified atom stereocenters. The lowest BCUT2D eigenvalue weighted by Gasteiger charge is -2.27. The van der Waals surface area contributed by atoms with Crippen LogP contribution in [0.4, 0.5) is 11.4 Å². The van der Waals surface area contributed by atoms with Gasteiger partial charge in [0.2, 0.25) is 0 Å². The molecule has 0 bridgehead atoms. The van der Waals surface area contributed by atoms with Crippen LogP contribution in [0.5, 0.6) is 11.5 Å². The summed E-state index contributed by atoms with van der Waals surface area (Å²) in [4.78, 5) is 19.4. The molecule has 1 atom stereocenters. The van der Waals surface area contributed by atoms with E-state index >= 15 is 0 Å². The molecule has 1 aromatic heterocycles. The van der Waals surface area contributed by atoms with Gasteiger partial charge in [-0.3, -0.25) is 14.7 Å². The third-order valence-electron chi connectivity index (χ3n) is 4.88. The van der Waals surface area contributed by atoms with Crippen molar-refractivity contribution in [3.8, 4) is 11.5 Å². The Labute approximate surface area is 170 Å². The predicted molar refractivity (Wildman–Crippen MR) is 113 cm³/mol. The number of ether oxygens (including phenoxy) is 2. The van der Waals surface area contributed by atoms with Gasteiger partial charge in [0.05, 0.1) is 30.7 Å². The molecule has 1 amide bonds. The SMILES string of the molecule is CCOc1ccc(N2C(=O)c3cccnc3[C@@H]2Nc2cc(C)ccc2OC)cc1. The Morgan fingerprint density at radius 2 is 1.93 bits per heavy atom. The number of rotatable bonds is 6. The largest absolute Gasteiger partial charge is 0.495 e. The molecule has 148 valence electrons. The maximum atomic E-state index is 13.2. The summed E-state index contributed by atoms with van der Waals surface area (Å²) in [6, 6.07) is 17.0. The Balaban J connectivity index is 1.76. The third-order valence-corrected chi connectivity index (χ3v) is 4.88. The van der Waals surface area contributed by atoms with Gasteiger partial charge in [-0.25, -0.2) is 0 Å². The van der Waals surface area contributed by atoms with Crippen LogP contribution in [0.3, 0.4) is 0 Å². The van der Waals surface area contributed by atoms with Gasteiger partial charge in [-0.15, -0.1) is 0 Å². The summed E-state index contributed by atoms with van der Waals surface area (Å²) in [6.07, 6.45) is 1.25. The van der Waals surface area contributed by atoms with Gasteiger partial charge in [-0.1, -0.05) is 6.07 Å². The first-order chi connectivity index (χ1) is 14.1. The quantitative estimate of drug-likeness (QED) is 0.669. The molecule has 29 heavy (non-hydrogen) atoms. The minimum absolute atomic E-state index is 0.0959. The number of aryl methyl sites for hydroxylation is 1. The first-order valence-electron chi connectivity index (χ1n) is 9.55. The van der Waals surface area contributed by atoms with Crippen LogP contribution < -0.4 is 19.7 Å². The van der Waals surface area contributed by atoms with Gasteiger partial charge < -0.3 is 14.8 Å². The molecule has 4 rings (SSSR count). The number of hydrogen-bond acceptors (Lipinski definition) is 5. The lowest BCUT2D eigenvalue weighted by molar-refractivity contribution is 0.0993. The number of nitrogens with one attached hydrogen (secondary N) is 1. The summed E-state index contributed by atoms with van der Waals surface area (Å²) in [5.41, 5.74) is 3.94. The van der Waals surface area contributed by atoms with Gasteiger partial charge in [0, 0.05) is 11.9 Å². The van der Waals surface area contributed by atoms with E-state index in [-0.39, 0.29) is 5.91 Å². The first kappa shape index (κ1) is 18.8. The van der Waals surface area contributed by atoms with Crippen molar-refractivity contribution in [1.29, 1.82) is 0 Å². The number of hydrogen-bond donors (Lipinski definition) is 1. The highest BCUT2D eigenvalue weighted by molar-refractivity contribution is 6.11. The number of amides is 1. The molecule has 0 aliphatic carbocycles. The summed E-state index contributed by atoms with van der Waals surface area (Å²) in [5, 5.41) is 3.46. The summed E-state index contributed by atoms with van der Waals surface area (Å²) in [5.74, 6) is 1.38. The van der Waals surface area contributed by atoms with Gasteiger partial charge in [0.25, 0.3) is 5.91 Å². The van der Waals surface area contributed by atoms with Crippen LogP contribution in [-0.4, -0.2) is 24.6 Å². The van der Waals surface area contributed by atoms with E-state index in [4.69, 9.17) is 9.47 Å². The molecule has 1 aliphatic heterocycles. The van der Waals surface area contributed by atoms with E-state index in [0.717, 1.165) is 22.7 Å². The van der Waals surface area contributed by atoms with Crippen LogP contribution in [0.2, 0.25) is 0 Å². The minimum Gasteiger partial charge on any atom is -0.495 e. The van der Waals surface area contributed by atoms with Gasteiger partial charge in [0.1, 0.15) is 11.5 Å². The van der Waals surface area contributed by atoms with Gasteiger partial charge in [0.15, 0.2) is 6.17 Å². The molecular formula is C23H23N3O3. The van der Waals surface area contributed by atoms with Crippen molar-refractivity contribution in [3.63, 3.8) is 0 Å². The summed E-state index contributed by atoms with van der Waals surface area (Å²) >= 11 is 0. The van der Waals surface area contributed by atoms with E-state index in [2.05, 4.69) is 10.3 Å². The standard InChI is InChI=1S/C23H23N3O3/c1-4-29-17-10-8-16(9-11-17)26-22(21-18(23(26)27)6-5-13-24-21)25-19-14-15(2)7-12-20(19)28-3/h5-14,22,25H,4H2,1-3H3/t22-/m1/s1. The van der Waals surface area contributed by atoms with Crippen molar-refractivity contribution in [3.05, 3.63) is 77.6 Å². The molecule has 2 heterocycles. The Bertz CT molecular complexity index is 1030. The number of methoxy groups -OCH3 is 1. The van der Waals surface area contributed by atoms with E-state index in [0.29, 0.717) is 23.6 Å². The molecule has 0 spiro atoms. The lowest BCUT2D eigenvalue weighted by atomic mass is 10.1. The molecule has 6 heteroatoms. The second-order valence-corrected chi connectivity index (χ2v) is 6.79. The van der Waals surface area contributed by atoms with Crippen LogP contribution >= 0.6 is 0 Å². The average molecular weight is 389 g/mol. The van der Waals surface area contributed by atoms with E-state index in [1.165, 1.54) is 0 Å². The van der Waals surface area contributed by atoms with Crippen molar-refractivity contribution in [2.24, 2.45) is 0 Å². The molecule has 0 fully saturated rings. The highest BCUT2D eigenvalue weighted by Gasteiger charge is 2.39. The molecule has 6 nitrogen and oxygen atoms in total. The van der Waals surface area contributed by atoms with Gasteiger partial charge in [-0.2, -0.15) is 0 Å². The Morgan fingerprint density at radius 1 is 1.14 bits per heavy atom. The summed E-state index contributed by atoms with van der Waals surface area (Å²) < 4.78 is 11.0. The number of carbonyl (C=O) groups is 1. The second-order valence-electron chi connectivity index (χ2n) is 6.79. The number of fused-ring (bicyclic) bond motifs is 1. The third kappa shape index (κ3) is 3.49. The zero-order chi connectivity index (χ0) is 20.4. The molecule has 0 radical (unpaired) electrons. The zero-order valence-electron chi connectivity index (χ0n) is 16.7. The Hall–Kier alpha value is -3.54. The van der Waals surface area contributed by atoms with E-state index in [1.54, 1.807) is 30.3 Å². The smallest absolute Gasteiger partial charge is 0.262 e. The van der Waals surface area contributed by atoms with Crippen LogP contribution in [0.1, 0.15) is 34.7 Å². The normalized spacial score (nSPS) is 15.2. The number of benzene rings is 2. The monoisotopic (exact) mass is 389 g/mol. The maximum absolute atomic E-state index is 13.2. The van der Waals surface area contributed by atoms with Crippen LogP contribution in [0.25, 0.3) is 0 Å². The van der Waals surface area contributed by atoms with Gasteiger partial charge in [-0.05, 0) is 67.9 Å². The second kappa shape index (κ2) is 7.83.